The van der Waals surface area contributed by atoms with Crippen LogP contribution >= 0.6 is 0 Å². The number of fused-ring (bicyclic) bond motifs is 1. The normalized spacial score (nSPS) is 12.6. The van der Waals surface area contributed by atoms with Gasteiger partial charge in [-0.15, -0.1) is 0 Å². The highest BCUT2D eigenvalue weighted by Crippen LogP contribution is 2.25. The number of rotatable bonds is 4. The number of ketones is 1. The Morgan fingerprint density at radius 3 is 2.74 bits per heavy atom. The predicted molar refractivity (Wildman–Crippen MR) is 76.9 cm³/mol. The van der Waals surface area contributed by atoms with Crippen LogP contribution < -0.4 is 11.0 Å². The van der Waals surface area contributed by atoms with Crippen molar-refractivity contribution in [2.45, 2.75) is 20.3 Å². The van der Waals surface area contributed by atoms with Crippen molar-refractivity contribution in [3.63, 3.8) is 0 Å². The summed E-state index contributed by atoms with van der Waals surface area (Å²) in [5.41, 5.74) is 2.69. The van der Waals surface area contributed by atoms with E-state index in [-0.39, 0.29) is 17.4 Å². The van der Waals surface area contributed by atoms with Gasteiger partial charge in [-0.25, -0.2) is 4.79 Å². The van der Waals surface area contributed by atoms with Crippen molar-refractivity contribution in [3.8, 4) is 0 Å². The Hall–Kier alpha value is -2.04. The molecule has 5 nitrogen and oxygen atoms in total. The van der Waals surface area contributed by atoms with Crippen LogP contribution in [-0.4, -0.2) is 22.4 Å². The second-order valence-corrected chi connectivity index (χ2v) is 4.83. The molecule has 2 rings (SSSR count). The van der Waals surface area contributed by atoms with Gasteiger partial charge >= 0.3 is 5.69 Å². The average Bonchev–Trinajstić information content (AvgIpc) is 2.70. The molecule has 0 spiro atoms. The van der Waals surface area contributed by atoms with Crippen LogP contribution in [0.1, 0.15) is 30.6 Å². The molecule has 1 atom stereocenters. The molecule has 0 radical (unpaired) electrons. The van der Waals surface area contributed by atoms with Crippen LogP contribution in [0.4, 0.5) is 5.69 Å². The van der Waals surface area contributed by atoms with E-state index in [1.807, 2.05) is 19.9 Å². The number of aromatic amines is 1. The molecule has 2 aromatic rings. The van der Waals surface area contributed by atoms with Gasteiger partial charge in [0, 0.05) is 31.3 Å². The van der Waals surface area contributed by atoms with Crippen LogP contribution in [0.25, 0.3) is 11.0 Å². The lowest BCUT2D eigenvalue weighted by Gasteiger charge is -2.12. The highest BCUT2D eigenvalue weighted by Gasteiger charge is 2.18. The van der Waals surface area contributed by atoms with Gasteiger partial charge in [0.05, 0.1) is 11.0 Å². The molecule has 1 unspecified atom stereocenters. The molecule has 5 heteroatoms. The molecule has 0 saturated carbocycles. The molecule has 0 aliphatic carbocycles. The summed E-state index contributed by atoms with van der Waals surface area (Å²) in [6, 6.07) is 3.60. The molecule has 1 aromatic heterocycles. The molecule has 0 amide bonds. The fourth-order valence-corrected chi connectivity index (χ4v) is 2.14. The summed E-state index contributed by atoms with van der Waals surface area (Å²) < 4.78 is 1.54. The van der Waals surface area contributed by atoms with Crippen LogP contribution in [0.5, 0.6) is 0 Å². The molecule has 1 aromatic carbocycles. The quantitative estimate of drug-likeness (QED) is 0.829. The molecular weight excluding hydrogens is 242 g/mol. The summed E-state index contributed by atoms with van der Waals surface area (Å²) in [5, 5.41) is 3.03. The highest BCUT2D eigenvalue weighted by atomic mass is 16.1. The number of imidazole rings is 1. The first-order valence-electron chi connectivity index (χ1n) is 6.44. The number of aryl methyl sites for hydroxylation is 1. The number of aromatic nitrogens is 2. The number of hydrogen-bond acceptors (Lipinski definition) is 3. The van der Waals surface area contributed by atoms with Crippen molar-refractivity contribution >= 4 is 22.5 Å². The van der Waals surface area contributed by atoms with Crippen LogP contribution in [0.2, 0.25) is 0 Å². The summed E-state index contributed by atoms with van der Waals surface area (Å²) in [4.78, 5) is 26.7. The standard InChI is InChI=1S/C14H19N3O2/c1-5-8(2)13(18)9-6-11-12(7-10(9)15-3)17(4)14(19)16-11/h6-8,15H,5H2,1-4H3,(H,16,19). The molecule has 1 heterocycles. The number of nitrogens with one attached hydrogen (secondary N) is 2. The maximum absolute atomic E-state index is 12.4. The third-order valence-electron chi connectivity index (χ3n) is 3.64. The van der Waals surface area contributed by atoms with Crippen LogP contribution in [0.3, 0.4) is 0 Å². The number of H-pyrrole nitrogens is 1. The number of carbonyl (C=O) groups is 1. The summed E-state index contributed by atoms with van der Waals surface area (Å²) in [5.74, 6) is 0.0680. The Morgan fingerprint density at radius 1 is 1.47 bits per heavy atom. The minimum atomic E-state index is -0.176. The van der Waals surface area contributed by atoms with Gasteiger partial charge in [-0.05, 0) is 18.6 Å². The van der Waals surface area contributed by atoms with Gasteiger partial charge in [-0.2, -0.15) is 0 Å². The van der Waals surface area contributed by atoms with Crippen LogP contribution in [-0.2, 0) is 7.05 Å². The van der Waals surface area contributed by atoms with Gasteiger partial charge in [0.1, 0.15) is 0 Å². The van der Waals surface area contributed by atoms with Gasteiger partial charge in [0.15, 0.2) is 5.78 Å². The number of Topliss-reactive ketones (excluding diaryl/α,β-unsaturated/α-hetero) is 1. The number of anilines is 1. The van der Waals surface area contributed by atoms with E-state index < -0.39 is 0 Å². The monoisotopic (exact) mass is 261 g/mol. The zero-order chi connectivity index (χ0) is 14.2. The number of hydrogen-bond donors (Lipinski definition) is 2. The van der Waals surface area contributed by atoms with Crippen molar-refractivity contribution in [1.29, 1.82) is 0 Å². The van der Waals surface area contributed by atoms with Crippen molar-refractivity contribution in [1.82, 2.24) is 9.55 Å². The van der Waals surface area contributed by atoms with E-state index in [0.29, 0.717) is 11.1 Å². The van der Waals surface area contributed by atoms with E-state index in [1.54, 1.807) is 20.2 Å². The molecule has 19 heavy (non-hydrogen) atoms. The number of benzene rings is 1. The first-order valence-corrected chi connectivity index (χ1v) is 6.44. The molecule has 0 aliphatic heterocycles. The van der Waals surface area contributed by atoms with E-state index in [1.165, 1.54) is 4.57 Å². The van der Waals surface area contributed by atoms with Gasteiger partial charge < -0.3 is 10.3 Å². The minimum Gasteiger partial charge on any atom is -0.387 e. The highest BCUT2D eigenvalue weighted by molar-refractivity contribution is 6.05. The van der Waals surface area contributed by atoms with E-state index in [2.05, 4.69) is 10.3 Å². The maximum atomic E-state index is 12.4. The Kier molecular flexibility index (Phi) is 3.46. The summed E-state index contributed by atoms with van der Waals surface area (Å²) in [6.45, 7) is 3.91. The predicted octanol–water partition coefficient (Wildman–Crippen LogP) is 2.14. The van der Waals surface area contributed by atoms with E-state index in [9.17, 15) is 9.59 Å². The average molecular weight is 261 g/mol. The third kappa shape index (κ3) is 2.16. The zero-order valence-electron chi connectivity index (χ0n) is 11.7. The third-order valence-corrected chi connectivity index (χ3v) is 3.64. The summed E-state index contributed by atoms with van der Waals surface area (Å²) in [6.07, 6.45) is 0.797. The van der Waals surface area contributed by atoms with Gasteiger partial charge in [-0.1, -0.05) is 13.8 Å². The van der Waals surface area contributed by atoms with E-state index in [0.717, 1.165) is 17.6 Å². The summed E-state index contributed by atoms with van der Waals surface area (Å²) >= 11 is 0. The molecule has 0 aliphatic rings. The number of carbonyl (C=O) groups excluding carboxylic acids is 1. The van der Waals surface area contributed by atoms with Gasteiger partial charge in [0.2, 0.25) is 0 Å². The largest absolute Gasteiger partial charge is 0.387 e. The van der Waals surface area contributed by atoms with Gasteiger partial charge in [0.25, 0.3) is 0 Å². The second kappa shape index (κ2) is 4.91. The van der Waals surface area contributed by atoms with E-state index >= 15 is 0 Å². The molecule has 0 bridgehead atoms. The Balaban J connectivity index is 2.67. The van der Waals surface area contributed by atoms with Gasteiger partial charge in [-0.3, -0.25) is 9.36 Å². The molecule has 0 saturated heterocycles. The second-order valence-electron chi connectivity index (χ2n) is 4.83. The lowest BCUT2D eigenvalue weighted by molar-refractivity contribution is 0.0928. The zero-order valence-corrected chi connectivity index (χ0v) is 11.7. The smallest absolute Gasteiger partial charge is 0.326 e. The minimum absolute atomic E-state index is 0.0278. The SMILES string of the molecule is CCC(C)C(=O)c1cc2[nH]c(=O)n(C)c2cc1NC. The fourth-order valence-electron chi connectivity index (χ4n) is 2.14. The van der Waals surface area contributed by atoms with Crippen molar-refractivity contribution in [2.24, 2.45) is 13.0 Å². The Bertz CT molecular complexity index is 682. The summed E-state index contributed by atoms with van der Waals surface area (Å²) in [7, 11) is 3.48. The van der Waals surface area contributed by atoms with Crippen LogP contribution in [0, 0.1) is 5.92 Å². The van der Waals surface area contributed by atoms with Crippen molar-refractivity contribution < 1.29 is 4.79 Å². The molecular formula is C14H19N3O2. The number of nitrogens with zero attached hydrogens (tertiary/aromatic N) is 1. The molecule has 2 N–H and O–H groups in total. The van der Waals surface area contributed by atoms with Crippen molar-refractivity contribution in [3.05, 3.63) is 28.2 Å². The first kappa shape index (κ1) is 13.4. The molecule has 102 valence electrons. The topological polar surface area (TPSA) is 66.9 Å². The first-order chi connectivity index (χ1) is 8.99. The van der Waals surface area contributed by atoms with Crippen molar-refractivity contribution in [2.75, 3.05) is 12.4 Å². The van der Waals surface area contributed by atoms with E-state index in [4.69, 9.17) is 0 Å². The van der Waals surface area contributed by atoms with Crippen LogP contribution in [0.15, 0.2) is 16.9 Å². The fraction of sp³-hybridized carbons (Fsp3) is 0.429. The maximum Gasteiger partial charge on any atom is 0.326 e. The molecule has 0 fully saturated rings. The Morgan fingerprint density at radius 2 is 2.16 bits per heavy atom. The Labute approximate surface area is 111 Å². The lowest BCUT2D eigenvalue weighted by atomic mass is 9.95. The lowest BCUT2D eigenvalue weighted by Crippen LogP contribution is -2.13.